The quantitative estimate of drug-likeness (QED) is 0.754. The predicted octanol–water partition coefficient (Wildman–Crippen LogP) is 0.139. The van der Waals surface area contributed by atoms with Crippen LogP contribution in [0.4, 0.5) is 0 Å². The first kappa shape index (κ1) is 12.3. The largest absolute Gasteiger partial charge is 0.326 e. The van der Waals surface area contributed by atoms with Crippen molar-refractivity contribution in [3.63, 3.8) is 0 Å². The molecule has 2 atom stereocenters. The Hall–Kier alpha value is -0.170. The fourth-order valence-electron chi connectivity index (χ4n) is 2.53. The third-order valence-electron chi connectivity index (χ3n) is 3.55. The maximum atomic E-state index is 12.3. The van der Waals surface area contributed by atoms with Crippen molar-refractivity contribution >= 4 is 10.2 Å². The Kier molecular flexibility index (Phi) is 3.53. The van der Waals surface area contributed by atoms with Crippen molar-refractivity contribution in [2.45, 2.75) is 44.7 Å². The molecule has 0 aliphatic carbocycles. The normalized spacial score (nSPS) is 34.4. The van der Waals surface area contributed by atoms with Gasteiger partial charge in [-0.15, -0.1) is 0 Å². The van der Waals surface area contributed by atoms with Gasteiger partial charge < -0.3 is 5.73 Å². The minimum Gasteiger partial charge on any atom is -0.326 e. The van der Waals surface area contributed by atoms with E-state index in [9.17, 15) is 8.42 Å². The Morgan fingerprint density at radius 1 is 1.19 bits per heavy atom. The molecule has 2 heterocycles. The molecule has 0 spiro atoms. The summed E-state index contributed by atoms with van der Waals surface area (Å²) in [6, 6.07) is 0.144. The summed E-state index contributed by atoms with van der Waals surface area (Å²) in [6.45, 7) is 3.71. The monoisotopic (exact) mass is 247 g/mol. The summed E-state index contributed by atoms with van der Waals surface area (Å²) >= 11 is 0. The molecule has 2 aliphatic rings. The van der Waals surface area contributed by atoms with Gasteiger partial charge in [-0.1, -0.05) is 6.42 Å². The van der Waals surface area contributed by atoms with Crippen LogP contribution in [0.3, 0.4) is 0 Å². The van der Waals surface area contributed by atoms with E-state index in [1.165, 1.54) is 0 Å². The number of piperidine rings is 1. The van der Waals surface area contributed by atoms with E-state index in [1.807, 2.05) is 6.92 Å². The van der Waals surface area contributed by atoms with Gasteiger partial charge in [0.2, 0.25) is 0 Å². The van der Waals surface area contributed by atoms with Gasteiger partial charge >= 0.3 is 0 Å². The zero-order chi connectivity index (χ0) is 11.8. The second kappa shape index (κ2) is 4.60. The molecule has 0 aromatic rings. The van der Waals surface area contributed by atoms with Crippen molar-refractivity contribution in [3.8, 4) is 0 Å². The van der Waals surface area contributed by atoms with Crippen molar-refractivity contribution in [3.05, 3.63) is 0 Å². The van der Waals surface area contributed by atoms with E-state index in [4.69, 9.17) is 5.73 Å². The van der Waals surface area contributed by atoms with Crippen LogP contribution in [0.1, 0.15) is 32.6 Å². The van der Waals surface area contributed by atoms with Gasteiger partial charge in [-0.05, 0) is 26.2 Å². The Morgan fingerprint density at radius 2 is 1.94 bits per heavy atom. The molecule has 0 saturated carbocycles. The van der Waals surface area contributed by atoms with Gasteiger partial charge in [-0.25, -0.2) is 0 Å². The fraction of sp³-hybridized carbons (Fsp3) is 1.00. The summed E-state index contributed by atoms with van der Waals surface area (Å²) in [5.41, 5.74) is 5.76. The molecule has 2 rings (SSSR count). The van der Waals surface area contributed by atoms with Crippen molar-refractivity contribution in [2.24, 2.45) is 5.73 Å². The molecule has 1 unspecified atom stereocenters. The minimum atomic E-state index is -3.26. The maximum Gasteiger partial charge on any atom is 0.282 e. The summed E-state index contributed by atoms with van der Waals surface area (Å²) in [6.07, 6.45) is 3.86. The van der Waals surface area contributed by atoms with Gasteiger partial charge in [0.15, 0.2) is 0 Å². The molecule has 2 fully saturated rings. The molecule has 0 aromatic heterocycles. The van der Waals surface area contributed by atoms with Gasteiger partial charge in [0.25, 0.3) is 10.2 Å². The molecule has 0 amide bonds. The molecule has 2 N–H and O–H groups in total. The number of nitrogens with two attached hydrogens (primary N) is 1. The first-order chi connectivity index (χ1) is 7.51. The average molecular weight is 247 g/mol. The van der Waals surface area contributed by atoms with Gasteiger partial charge in [-0.3, -0.25) is 0 Å². The van der Waals surface area contributed by atoms with Crippen LogP contribution < -0.4 is 5.73 Å². The zero-order valence-electron chi connectivity index (χ0n) is 9.80. The van der Waals surface area contributed by atoms with Crippen LogP contribution in [0.2, 0.25) is 0 Å². The molecule has 0 bridgehead atoms. The zero-order valence-corrected chi connectivity index (χ0v) is 10.6. The van der Waals surface area contributed by atoms with E-state index in [1.54, 1.807) is 8.61 Å². The lowest BCUT2D eigenvalue weighted by molar-refractivity contribution is 0.250. The van der Waals surface area contributed by atoms with E-state index >= 15 is 0 Å². The Balaban J connectivity index is 2.11. The molecule has 2 aliphatic heterocycles. The fourth-order valence-corrected chi connectivity index (χ4v) is 4.46. The van der Waals surface area contributed by atoms with Crippen LogP contribution in [0, 0.1) is 0 Å². The molecular weight excluding hydrogens is 226 g/mol. The third-order valence-corrected chi connectivity index (χ3v) is 5.67. The molecular formula is C10H21N3O2S. The van der Waals surface area contributed by atoms with E-state index in [0.717, 1.165) is 25.7 Å². The van der Waals surface area contributed by atoms with Crippen LogP contribution in [0.15, 0.2) is 0 Å². The summed E-state index contributed by atoms with van der Waals surface area (Å²) in [7, 11) is -3.26. The van der Waals surface area contributed by atoms with E-state index < -0.39 is 10.2 Å². The summed E-state index contributed by atoms with van der Waals surface area (Å²) in [4.78, 5) is 0. The lowest BCUT2D eigenvalue weighted by Crippen LogP contribution is -2.49. The standard InChI is InChI=1S/C10H21N3O2S/c1-9-4-2-3-6-13(9)16(14,15)12-7-5-10(11)8-12/h9-10H,2-8,11H2,1H3/t9?,10-/m0/s1. The van der Waals surface area contributed by atoms with Crippen LogP contribution in [-0.2, 0) is 10.2 Å². The summed E-state index contributed by atoms with van der Waals surface area (Å²) in [5, 5.41) is 0. The van der Waals surface area contributed by atoms with Crippen LogP contribution in [0.5, 0.6) is 0 Å². The topological polar surface area (TPSA) is 66.6 Å². The SMILES string of the molecule is CC1CCCCN1S(=O)(=O)N1CC[C@H](N)C1. The molecule has 0 aromatic carbocycles. The molecule has 6 heteroatoms. The minimum absolute atomic E-state index is 0.00914. The lowest BCUT2D eigenvalue weighted by Gasteiger charge is -2.35. The Morgan fingerprint density at radius 3 is 2.50 bits per heavy atom. The lowest BCUT2D eigenvalue weighted by atomic mass is 10.1. The van der Waals surface area contributed by atoms with E-state index in [-0.39, 0.29) is 12.1 Å². The number of nitrogens with zero attached hydrogens (tertiary/aromatic N) is 2. The Labute approximate surface area is 97.8 Å². The average Bonchev–Trinajstić information content (AvgIpc) is 2.66. The maximum absolute atomic E-state index is 12.3. The third kappa shape index (κ3) is 2.25. The summed E-state index contributed by atoms with van der Waals surface area (Å²) < 4.78 is 27.9. The van der Waals surface area contributed by atoms with Gasteiger partial charge in [0, 0.05) is 31.7 Å². The van der Waals surface area contributed by atoms with E-state index in [2.05, 4.69) is 0 Å². The molecule has 94 valence electrons. The predicted molar refractivity (Wildman–Crippen MR) is 63.1 cm³/mol. The number of rotatable bonds is 2. The van der Waals surface area contributed by atoms with E-state index in [0.29, 0.717) is 19.6 Å². The van der Waals surface area contributed by atoms with Gasteiger partial charge in [0.05, 0.1) is 0 Å². The number of hydrogen-bond acceptors (Lipinski definition) is 3. The van der Waals surface area contributed by atoms with Crippen molar-refractivity contribution < 1.29 is 8.42 Å². The highest BCUT2D eigenvalue weighted by Gasteiger charge is 2.37. The van der Waals surface area contributed by atoms with Crippen molar-refractivity contribution in [1.29, 1.82) is 0 Å². The summed E-state index contributed by atoms with van der Waals surface area (Å²) in [5.74, 6) is 0. The second-order valence-electron chi connectivity index (χ2n) is 4.87. The molecule has 16 heavy (non-hydrogen) atoms. The first-order valence-corrected chi connectivity index (χ1v) is 7.44. The van der Waals surface area contributed by atoms with Crippen LogP contribution in [-0.4, -0.2) is 48.7 Å². The van der Waals surface area contributed by atoms with Crippen molar-refractivity contribution in [1.82, 2.24) is 8.61 Å². The first-order valence-electron chi connectivity index (χ1n) is 6.04. The van der Waals surface area contributed by atoms with Crippen LogP contribution in [0.25, 0.3) is 0 Å². The number of hydrogen-bond donors (Lipinski definition) is 1. The molecule has 2 saturated heterocycles. The highest BCUT2D eigenvalue weighted by molar-refractivity contribution is 7.86. The highest BCUT2D eigenvalue weighted by Crippen LogP contribution is 2.24. The molecule has 0 radical (unpaired) electrons. The Bertz CT molecular complexity index is 344. The molecule has 5 nitrogen and oxygen atoms in total. The second-order valence-corrected chi connectivity index (χ2v) is 6.75. The van der Waals surface area contributed by atoms with Crippen LogP contribution >= 0.6 is 0 Å². The highest BCUT2D eigenvalue weighted by atomic mass is 32.2. The smallest absolute Gasteiger partial charge is 0.282 e. The van der Waals surface area contributed by atoms with Gasteiger partial charge in [-0.2, -0.15) is 17.0 Å². The van der Waals surface area contributed by atoms with Crippen molar-refractivity contribution in [2.75, 3.05) is 19.6 Å². The van der Waals surface area contributed by atoms with Gasteiger partial charge in [0.1, 0.15) is 0 Å².